The summed E-state index contributed by atoms with van der Waals surface area (Å²) in [5, 5.41) is 0. The molecule has 0 aromatic heterocycles. The molecule has 0 aliphatic carbocycles. The van der Waals surface area contributed by atoms with Gasteiger partial charge in [0.1, 0.15) is 5.75 Å². The van der Waals surface area contributed by atoms with Crippen molar-refractivity contribution in [2.45, 2.75) is 13.8 Å². The van der Waals surface area contributed by atoms with E-state index in [1.54, 1.807) is 7.11 Å². The standard InChI is InChI=1S/C13H16O/c1-5-10(2)8-12-9-13(14-4)7-6-11(12)3/h5-9H,1H2,2-4H3/b10-8-. The van der Waals surface area contributed by atoms with Crippen LogP contribution in [0.1, 0.15) is 18.1 Å². The van der Waals surface area contributed by atoms with Gasteiger partial charge >= 0.3 is 0 Å². The molecule has 0 unspecified atom stereocenters. The fourth-order valence-corrected chi connectivity index (χ4v) is 1.21. The number of methoxy groups -OCH3 is 1. The van der Waals surface area contributed by atoms with Crippen LogP contribution in [-0.2, 0) is 0 Å². The molecule has 0 amide bonds. The molecule has 1 nitrogen and oxygen atoms in total. The maximum Gasteiger partial charge on any atom is 0.119 e. The molecule has 0 radical (unpaired) electrons. The van der Waals surface area contributed by atoms with Crippen LogP contribution in [0, 0.1) is 6.92 Å². The second-order valence-electron chi connectivity index (χ2n) is 3.31. The summed E-state index contributed by atoms with van der Waals surface area (Å²) >= 11 is 0. The van der Waals surface area contributed by atoms with Crippen molar-refractivity contribution in [3.8, 4) is 5.75 Å². The molecule has 0 N–H and O–H groups in total. The average Bonchev–Trinajstić information content (AvgIpc) is 2.21. The Hall–Kier alpha value is -1.50. The van der Waals surface area contributed by atoms with Crippen molar-refractivity contribution >= 4 is 6.08 Å². The van der Waals surface area contributed by atoms with E-state index < -0.39 is 0 Å². The Kier molecular flexibility index (Phi) is 3.52. The van der Waals surface area contributed by atoms with E-state index in [4.69, 9.17) is 4.74 Å². The second kappa shape index (κ2) is 4.66. The van der Waals surface area contributed by atoms with Crippen LogP contribution in [0.4, 0.5) is 0 Å². The van der Waals surface area contributed by atoms with Crippen LogP contribution in [0.25, 0.3) is 6.08 Å². The van der Waals surface area contributed by atoms with Crippen molar-refractivity contribution in [3.05, 3.63) is 47.6 Å². The monoisotopic (exact) mass is 188 g/mol. The van der Waals surface area contributed by atoms with Crippen LogP contribution in [0.3, 0.4) is 0 Å². The minimum absolute atomic E-state index is 0.888. The minimum Gasteiger partial charge on any atom is -0.497 e. The van der Waals surface area contributed by atoms with Gasteiger partial charge in [-0.1, -0.05) is 30.4 Å². The maximum atomic E-state index is 5.17. The van der Waals surface area contributed by atoms with Crippen molar-refractivity contribution in [3.63, 3.8) is 0 Å². The van der Waals surface area contributed by atoms with E-state index in [0.29, 0.717) is 0 Å². The molecule has 0 bridgehead atoms. The molecule has 0 saturated carbocycles. The fourth-order valence-electron chi connectivity index (χ4n) is 1.21. The molecule has 0 heterocycles. The molecule has 1 aromatic carbocycles. The highest BCUT2D eigenvalue weighted by atomic mass is 16.5. The lowest BCUT2D eigenvalue weighted by atomic mass is 10.1. The number of rotatable bonds is 3. The molecule has 0 aliphatic heterocycles. The number of ether oxygens (including phenoxy) is 1. The summed E-state index contributed by atoms with van der Waals surface area (Å²) in [5.41, 5.74) is 3.58. The van der Waals surface area contributed by atoms with Crippen molar-refractivity contribution in [2.75, 3.05) is 7.11 Å². The zero-order chi connectivity index (χ0) is 10.6. The summed E-state index contributed by atoms with van der Waals surface area (Å²) in [6, 6.07) is 6.05. The number of benzene rings is 1. The first-order chi connectivity index (χ1) is 6.67. The highest BCUT2D eigenvalue weighted by Crippen LogP contribution is 2.19. The molecule has 0 fully saturated rings. The van der Waals surface area contributed by atoms with E-state index in [2.05, 4.69) is 25.6 Å². The largest absolute Gasteiger partial charge is 0.497 e. The van der Waals surface area contributed by atoms with E-state index in [1.165, 1.54) is 11.1 Å². The lowest BCUT2D eigenvalue weighted by molar-refractivity contribution is 0.414. The van der Waals surface area contributed by atoms with Gasteiger partial charge in [-0.15, -0.1) is 0 Å². The summed E-state index contributed by atoms with van der Waals surface area (Å²) in [5.74, 6) is 0.888. The van der Waals surface area contributed by atoms with Crippen molar-refractivity contribution in [1.82, 2.24) is 0 Å². The van der Waals surface area contributed by atoms with Gasteiger partial charge in [-0.2, -0.15) is 0 Å². The molecule has 1 aromatic rings. The predicted octanol–water partition coefficient (Wildman–Crippen LogP) is 3.59. The van der Waals surface area contributed by atoms with Crippen molar-refractivity contribution < 1.29 is 4.74 Å². The van der Waals surface area contributed by atoms with Gasteiger partial charge in [-0.3, -0.25) is 0 Å². The Labute approximate surface area is 85.7 Å². The summed E-state index contributed by atoms with van der Waals surface area (Å²) in [6.45, 7) is 7.85. The van der Waals surface area contributed by atoms with Crippen LogP contribution in [0.2, 0.25) is 0 Å². The summed E-state index contributed by atoms with van der Waals surface area (Å²) in [6.07, 6.45) is 3.95. The van der Waals surface area contributed by atoms with Gasteiger partial charge in [0.15, 0.2) is 0 Å². The Balaban J connectivity index is 3.12. The minimum atomic E-state index is 0.888. The zero-order valence-corrected chi connectivity index (χ0v) is 9.00. The van der Waals surface area contributed by atoms with Crippen LogP contribution in [0.5, 0.6) is 5.75 Å². The average molecular weight is 188 g/mol. The molecular weight excluding hydrogens is 172 g/mol. The van der Waals surface area contributed by atoms with E-state index in [9.17, 15) is 0 Å². The SMILES string of the molecule is C=C/C(C)=C\c1cc(OC)ccc1C. The van der Waals surface area contributed by atoms with E-state index in [-0.39, 0.29) is 0 Å². The normalized spacial score (nSPS) is 11.2. The first kappa shape index (κ1) is 10.6. The summed E-state index contributed by atoms with van der Waals surface area (Å²) in [7, 11) is 1.68. The molecule has 0 atom stereocenters. The quantitative estimate of drug-likeness (QED) is 0.659. The Morgan fingerprint density at radius 1 is 1.43 bits per heavy atom. The van der Waals surface area contributed by atoms with Crippen LogP contribution in [-0.4, -0.2) is 7.11 Å². The molecule has 1 rings (SSSR count). The highest BCUT2D eigenvalue weighted by Gasteiger charge is 1.97. The molecular formula is C13H16O. The van der Waals surface area contributed by atoms with E-state index >= 15 is 0 Å². The molecule has 0 spiro atoms. The second-order valence-corrected chi connectivity index (χ2v) is 3.31. The number of hydrogen-bond donors (Lipinski definition) is 0. The fraction of sp³-hybridized carbons (Fsp3) is 0.231. The van der Waals surface area contributed by atoms with Gasteiger partial charge in [0.05, 0.1) is 7.11 Å². The van der Waals surface area contributed by atoms with E-state index in [0.717, 1.165) is 11.3 Å². The van der Waals surface area contributed by atoms with Gasteiger partial charge in [-0.05, 0) is 37.1 Å². The highest BCUT2D eigenvalue weighted by molar-refractivity contribution is 5.60. The molecule has 14 heavy (non-hydrogen) atoms. The van der Waals surface area contributed by atoms with Crippen LogP contribution >= 0.6 is 0 Å². The Bertz CT molecular complexity index is 361. The summed E-state index contributed by atoms with van der Waals surface area (Å²) < 4.78 is 5.17. The first-order valence-corrected chi connectivity index (χ1v) is 4.62. The third kappa shape index (κ3) is 2.49. The first-order valence-electron chi connectivity index (χ1n) is 4.62. The van der Waals surface area contributed by atoms with Gasteiger partial charge < -0.3 is 4.74 Å². The van der Waals surface area contributed by atoms with Crippen LogP contribution in [0.15, 0.2) is 36.4 Å². The molecule has 0 aliphatic rings. The molecule has 1 heteroatoms. The lowest BCUT2D eigenvalue weighted by Crippen LogP contribution is -1.86. The van der Waals surface area contributed by atoms with Crippen molar-refractivity contribution in [1.29, 1.82) is 0 Å². The number of aryl methyl sites for hydroxylation is 1. The van der Waals surface area contributed by atoms with Gasteiger partial charge in [0, 0.05) is 0 Å². The topological polar surface area (TPSA) is 9.23 Å². The summed E-state index contributed by atoms with van der Waals surface area (Å²) in [4.78, 5) is 0. The number of hydrogen-bond acceptors (Lipinski definition) is 1. The maximum absolute atomic E-state index is 5.17. The van der Waals surface area contributed by atoms with Gasteiger partial charge in [0.2, 0.25) is 0 Å². The smallest absolute Gasteiger partial charge is 0.119 e. The van der Waals surface area contributed by atoms with Gasteiger partial charge in [-0.25, -0.2) is 0 Å². The van der Waals surface area contributed by atoms with E-state index in [1.807, 2.05) is 25.1 Å². The Morgan fingerprint density at radius 2 is 2.14 bits per heavy atom. The third-order valence-electron chi connectivity index (χ3n) is 2.19. The lowest BCUT2D eigenvalue weighted by Gasteiger charge is -2.05. The van der Waals surface area contributed by atoms with Gasteiger partial charge in [0.25, 0.3) is 0 Å². The predicted molar refractivity (Wildman–Crippen MR) is 61.6 cm³/mol. The zero-order valence-electron chi connectivity index (χ0n) is 9.00. The Morgan fingerprint density at radius 3 is 2.71 bits per heavy atom. The number of allylic oxidation sites excluding steroid dienone is 2. The van der Waals surface area contributed by atoms with Crippen molar-refractivity contribution in [2.24, 2.45) is 0 Å². The third-order valence-corrected chi connectivity index (χ3v) is 2.19. The molecule has 0 saturated heterocycles. The molecule has 74 valence electrons. The van der Waals surface area contributed by atoms with Crippen LogP contribution < -0.4 is 4.74 Å².